The molecule has 0 unspecified atom stereocenters. The summed E-state index contributed by atoms with van der Waals surface area (Å²) in [5.41, 5.74) is 1.00. The minimum atomic E-state index is -0.0586. The molecule has 2 aromatic rings. The second-order valence-electron chi connectivity index (χ2n) is 3.56. The van der Waals surface area contributed by atoms with Gasteiger partial charge in [0.2, 0.25) is 4.77 Å². The minimum Gasteiger partial charge on any atom is -0.859 e. The summed E-state index contributed by atoms with van der Waals surface area (Å²) in [6, 6.07) is 0. The van der Waals surface area contributed by atoms with Gasteiger partial charge >= 0.3 is 29.6 Å². The monoisotopic (exact) mass is 274 g/mol. The standard InChI is InChI=1S/C11H12N2OS2.Na/c1-4-5-13-10(14)8-6(2)7(3)16-9(8)12-11(13)15;/h4,14H,1,5H2,2-3H3;/q;+1/p-1. The summed E-state index contributed by atoms with van der Waals surface area (Å²) < 4.78 is 1.81. The fourth-order valence-electron chi connectivity index (χ4n) is 1.60. The molecule has 0 amide bonds. The molecule has 0 aromatic carbocycles. The molecule has 0 fully saturated rings. The summed E-state index contributed by atoms with van der Waals surface area (Å²) in [4.78, 5) is 6.14. The maximum atomic E-state index is 12.2. The van der Waals surface area contributed by atoms with Crippen LogP contribution in [0.5, 0.6) is 5.88 Å². The minimum absolute atomic E-state index is 0. The molecule has 0 N–H and O–H groups in total. The van der Waals surface area contributed by atoms with Gasteiger partial charge in [0.05, 0.1) is 0 Å². The van der Waals surface area contributed by atoms with E-state index in [2.05, 4.69) is 11.6 Å². The summed E-state index contributed by atoms with van der Waals surface area (Å²) in [7, 11) is 0. The van der Waals surface area contributed by atoms with E-state index in [0.29, 0.717) is 16.7 Å². The Morgan fingerprint density at radius 2 is 2.18 bits per heavy atom. The van der Waals surface area contributed by atoms with E-state index in [0.717, 1.165) is 15.3 Å². The third kappa shape index (κ3) is 2.48. The van der Waals surface area contributed by atoms with E-state index < -0.39 is 0 Å². The average Bonchev–Trinajstić information content (AvgIpc) is 2.49. The van der Waals surface area contributed by atoms with Gasteiger partial charge in [-0.05, 0) is 37.5 Å². The summed E-state index contributed by atoms with van der Waals surface area (Å²) in [6.45, 7) is 7.96. The van der Waals surface area contributed by atoms with Crippen LogP contribution in [0, 0.1) is 18.6 Å². The molecule has 2 heterocycles. The molecule has 0 radical (unpaired) electrons. The molecule has 0 saturated heterocycles. The van der Waals surface area contributed by atoms with Crippen LogP contribution >= 0.6 is 23.6 Å². The van der Waals surface area contributed by atoms with E-state index in [4.69, 9.17) is 12.2 Å². The molecular weight excluding hydrogens is 263 g/mol. The number of nitrogens with zero attached hydrogens (tertiary/aromatic N) is 2. The Balaban J connectivity index is 0.00000144. The second kappa shape index (κ2) is 5.63. The quantitative estimate of drug-likeness (QED) is 0.429. The smallest absolute Gasteiger partial charge is 0.859 e. The number of aryl methyl sites for hydroxylation is 2. The summed E-state index contributed by atoms with van der Waals surface area (Å²) >= 11 is 6.61. The molecule has 0 aliphatic rings. The second-order valence-corrected chi connectivity index (χ2v) is 5.13. The van der Waals surface area contributed by atoms with Gasteiger partial charge < -0.3 is 9.67 Å². The number of rotatable bonds is 2. The Kier molecular flexibility index (Phi) is 4.92. The van der Waals surface area contributed by atoms with Gasteiger partial charge in [-0.2, -0.15) is 0 Å². The summed E-state index contributed by atoms with van der Waals surface area (Å²) in [5, 5.41) is 12.9. The molecule has 0 saturated carbocycles. The zero-order valence-corrected chi connectivity index (χ0v) is 13.7. The van der Waals surface area contributed by atoms with Crippen LogP contribution in [0.25, 0.3) is 10.2 Å². The fraction of sp³-hybridized carbons (Fsp3) is 0.273. The van der Waals surface area contributed by atoms with Gasteiger partial charge in [-0.25, -0.2) is 4.98 Å². The molecule has 6 heteroatoms. The number of hydrogen-bond donors (Lipinski definition) is 0. The predicted molar refractivity (Wildman–Crippen MR) is 67.6 cm³/mol. The van der Waals surface area contributed by atoms with Crippen molar-refractivity contribution in [2.24, 2.45) is 0 Å². The molecule has 2 rings (SSSR count). The zero-order valence-electron chi connectivity index (χ0n) is 10.1. The maximum Gasteiger partial charge on any atom is 1.00 e. The van der Waals surface area contributed by atoms with Gasteiger partial charge in [-0.3, -0.25) is 0 Å². The van der Waals surface area contributed by atoms with Gasteiger partial charge in [-0.15, -0.1) is 17.9 Å². The van der Waals surface area contributed by atoms with Crippen LogP contribution in [0.4, 0.5) is 0 Å². The first-order chi connectivity index (χ1) is 7.56. The molecular formula is C11H11N2NaOS2. The van der Waals surface area contributed by atoms with E-state index in [1.807, 2.05) is 13.8 Å². The first-order valence-electron chi connectivity index (χ1n) is 4.84. The van der Waals surface area contributed by atoms with Crippen molar-refractivity contribution in [2.45, 2.75) is 20.4 Å². The van der Waals surface area contributed by atoms with Crippen molar-refractivity contribution >= 4 is 33.8 Å². The first-order valence-corrected chi connectivity index (χ1v) is 6.07. The SMILES string of the molecule is C=CCn1c([O-])c2c(C)c(C)sc2nc1=S.[Na+]. The van der Waals surface area contributed by atoms with Crippen LogP contribution in [-0.2, 0) is 6.54 Å². The molecule has 3 nitrogen and oxygen atoms in total. The number of allylic oxidation sites excluding steroid dienone is 1. The topological polar surface area (TPSA) is 40.9 Å². The van der Waals surface area contributed by atoms with Crippen molar-refractivity contribution in [3.8, 4) is 5.88 Å². The molecule has 0 atom stereocenters. The number of aromatic nitrogens is 2. The Labute approximate surface area is 131 Å². The van der Waals surface area contributed by atoms with Crippen molar-refractivity contribution in [3.05, 3.63) is 27.9 Å². The number of hydrogen-bond acceptors (Lipinski definition) is 4. The van der Waals surface area contributed by atoms with Gasteiger partial charge in [0.15, 0.2) is 0 Å². The molecule has 17 heavy (non-hydrogen) atoms. The average molecular weight is 274 g/mol. The van der Waals surface area contributed by atoms with Crippen LogP contribution in [0.15, 0.2) is 12.7 Å². The normalized spacial score (nSPS) is 10.2. The van der Waals surface area contributed by atoms with Gasteiger partial charge in [0, 0.05) is 16.8 Å². The van der Waals surface area contributed by atoms with Crippen LogP contribution in [0.2, 0.25) is 0 Å². The summed E-state index contributed by atoms with van der Waals surface area (Å²) in [5.74, 6) is -0.0586. The Bertz CT molecular complexity index is 630. The van der Waals surface area contributed by atoms with Crippen LogP contribution in [0.3, 0.4) is 0 Å². The molecule has 0 spiro atoms. The van der Waals surface area contributed by atoms with Gasteiger partial charge in [0.1, 0.15) is 4.83 Å². The Morgan fingerprint density at radius 3 is 2.76 bits per heavy atom. The predicted octanol–water partition coefficient (Wildman–Crippen LogP) is -0.292. The molecule has 0 bridgehead atoms. The van der Waals surface area contributed by atoms with E-state index >= 15 is 0 Å². The maximum absolute atomic E-state index is 12.2. The van der Waals surface area contributed by atoms with Crippen molar-refractivity contribution in [1.29, 1.82) is 0 Å². The third-order valence-corrected chi connectivity index (χ3v) is 3.98. The fourth-order valence-corrected chi connectivity index (χ4v) is 2.93. The Morgan fingerprint density at radius 1 is 1.53 bits per heavy atom. The number of fused-ring (bicyclic) bond motifs is 1. The first kappa shape index (κ1) is 14.9. The van der Waals surface area contributed by atoms with E-state index in [1.165, 1.54) is 15.9 Å². The van der Waals surface area contributed by atoms with Crippen LogP contribution < -0.4 is 34.7 Å². The molecule has 0 aliphatic carbocycles. The van der Waals surface area contributed by atoms with Crippen LogP contribution in [0.1, 0.15) is 10.4 Å². The zero-order chi connectivity index (χ0) is 11.9. The summed E-state index contributed by atoms with van der Waals surface area (Å²) in [6.07, 6.45) is 1.65. The largest absolute Gasteiger partial charge is 1.00 e. The molecule has 2 aromatic heterocycles. The van der Waals surface area contributed by atoms with Crippen molar-refractivity contribution < 1.29 is 34.7 Å². The van der Waals surface area contributed by atoms with E-state index in [9.17, 15) is 5.11 Å². The van der Waals surface area contributed by atoms with Gasteiger partial charge in [-0.1, -0.05) is 6.08 Å². The van der Waals surface area contributed by atoms with Crippen molar-refractivity contribution in [1.82, 2.24) is 9.55 Å². The Hall–Kier alpha value is -0.200. The molecule has 0 aliphatic heterocycles. The molecule has 84 valence electrons. The van der Waals surface area contributed by atoms with E-state index in [1.54, 1.807) is 6.08 Å². The van der Waals surface area contributed by atoms with Crippen molar-refractivity contribution in [3.63, 3.8) is 0 Å². The number of thiophene rings is 1. The van der Waals surface area contributed by atoms with E-state index in [-0.39, 0.29) is 35.4 Å². The third-order valence-electron chi connectivity index (χ3n) is 2.57. The van der Waals surface area contributed by atoms with Crippen LogP contribution in [-0.4, -0.2) is 9.55 Å². The van der Waals surface area contributed by atoms with Gasteiger partial charge in [0.25, 0.3) is 0 Å². The van der Waals surface area contributed by atoms with Crippen molar-refractivity contribution in [2.75, 3.05) is 0 Å².